The van der Waals surface area contributed by atoms with Crippen LogP contribution >= 0.6 is 0 Å². The number of carbonyl (C=O) groups is 2. The third kappa shape index (κ3) is 6.07. The number of halogens is 1. The number of hydrogen-bond acceptors (Lipinski definition) is 5. The van der Waals surface area contributed by atoms with E-state index in [9.17, 15) is 14.0 Å². The molecule has 0 aliphatic carbocycles. The summed E-state index contributed by atoms with van der Waals surface area (Å²) in [6, 6.07) is 11.6. The molecule has 0 bridgehead atoms. The van der Waals surface area contributed by atoms with Gasteiger partial charge in [-0.15, -0.1) is 0 Å². The smallest absolute Gasteiger partial charge is 0.337 e. The van der Waals surface area contributed by atoms with Crippen LogP contribution in [0.25, 0.3) is 0 Å². The molecule has 1 heterocycles. The molecule has 1 aliphatic heterocycles. The van der Waals surface area contributed by atoms with Crippen molar-refractivity contribution in [3.63, 3.8) is 0 Å². The molecule has 1 unspecified atom stereocenters. The van der Waals surface area contributed by atoms with E-state index >= 15 is 0 Å². The van der Waals surface area contributed by atoms with Crippen molar-refractivity contribution in [2.45, 2.75) is 32.7 Å². The molecule has 0 aromatic heterocycles. The van der Waals surface area contributed by atoms with E-state index in [1.165, 1.54) is 19.2 Å². The summed E-state index contributed by atoms with van der Waals surface area (Å²) in [6.45, 7) is 8.80. The Morgan fingerprint density at radius 3 is 2.41 bits per heavy atom. The fourth-order valence-electron chi connectivity index (χ4n) is 4.04. The first-order chi connectivity index (χ1) is 15.4. The Hall–Kier alpha value is -2.93. The Kier molecular flexibility index (Phi) is 8.22. The van der Waals surface area contributed by atoms with Crippen molar-refractivity contribution in [1.82, 2.24) is 10.2 Å². The topological polar surface area (TPSA) is 61.9 Å². The van der Waals surface area contributed by atoms with Gasteiger partial charge in [-0.1, -0.05) is 19.1 Å². The second-order valence-corrected chi connectivity index (χ2v) is 8.10. The van der Waals surface area contributed by atoms with Crippen LogP contribution in [0, 0.1) is 5.82 Å². The maximum Gasteiger partial charge on any atom is 0.337 e. The van der Waals surface area contributed by atoms with Crippen LogP contribution in [0.5, 0.6) is 0 Å². The van der Waals surface area contributed by atoms with Crippen LogP contribution in [0.1, 0.15) is 47.8 Å². The maximum absolute atomic E-state index is 14.0. The van der Waals surface area contributed by atoms with E-state index in [1.54, 1.807) is 12.1 Å². The summed E-state index contributed by atoms with van der Waals surface area (Å²) >= 11 is 0. The monoisotopic (exact) mass is 441 g/mol. The van der Waals surface area contributed by atoms with Gasteiger partial charge in [0, 0.05) is 43.9 Å². The molecule has 2 aromatic rings. The highest BCUT2D eigenvalue weighted by Crippen LogP contribution is 2.28. The number of ether oxygens (including phenoxy) is 1. The molecule has 3 rings (SSSR count). The molecule has 0 radical (unpaired) electrons. The molecular weight excluding hydrogens is 409 g/mol. The Morgan fingerprint density at radius 1 is 1.09 bits per heavy atom. The molecule has 1 N–H and O–H groups in total. The van der Waals surface area contributed by atoms with Gasteiger partial charge in [0.2, 0.25) is 5.91 Å². The number of piperazine rings is 1. The molecule has 6 nitrogen and oxygen atoms in total. The highest BCUT2D eigenvalue weighted by Gasteiger charge is 2.21. The van der Waals surface area contributed by atoms with Crippen molar-refractivity contribution in [2.75, 3.05) is 44.7 Å². The van der Waals surface area contributed by atoms with Gasteiger partial charge >= 0.3 is 5.97 Å². The molecule has 7 heteroatoms. The van der Waals surface area contributed by atoms with Crippen molar-refractivity contribution >= 4 is 17.6 Å². The molecule has 172 valence electrons. The van der Waals surface area contributed by atoms with Gasteiger partial charge in [0.15, 0.2) is 0 Å². The van der Waals surface area contributed by atoms with E-state index in [1.807, 2.05) is 25.1 Å². The minimum Gasteiger partial charge on any atom is -0.465 e. The number of methoxy groups -OCH3 is 1. The number of anilines is 1. The van der Waals surface area contributed by atoms with E-state index in [0.717, 1.165) is 49.5 Å². The van der Waals surface area contributed by atoms with Gasteiger partial charge in [0.05, 0.1) is 18.7 Å². The van der Waals surface area contributed by atoms with Gasteiger partial charge < -0.3 is 19.9 Å². The lowest BCUT2D eigenvalue weighted by molar-refractivity contribution is -0.121. The molecule has 1 atom stereocenters. The number of nitrogens with zero attached hydrogens (tertiary/aromatic N) is 2. The Morgan fingerprint density at radius 2 is 1.78 bits per heavy atom. The lowest BCUT2D eigenvalue weighted by Gasteiger charge is -2.37. The number of rotatable bonds is 8. The summed E-state index contributed by atoms with van der Waals surface area (Å²) in [5, 5.41) is 3.02. The van der Waals surface area contributed by atoms with Crippen molar-refractivity contribution in [1.29, 1.82) is 0 Å². The largest absolute Gasteiger partial charge is 0.465 e. The van der Waals surface area contributed by atoms with Crippen molar-refractivity contribution in [2.24, 2.45) is 0 Å². The van der Waals surface area contributed by atoms with Crippen molar-refractivity contribution in [3.8, 4) is 0 Å². The number of benzene rings is 2. The minimum absolute atomic E-state index is 0.0967. The summed E-state index contributed by atoms with van der Waals surface area (Å²) in [7, 11) is 1.34. The van der Waals surface area contributed by atoms with Gasteiger partial charge in [0.25, 0.3) is 0 Å². The predicted molar refractivity (Wildman–Crippen MR) is 123 cm³/mol. The lowest BCUT2D eigenvalue weighted by atomic mass is 10.0. The zero-order valence-electron chi connectivity index (χ0n) is 19.1. The standard InChI is InChI=1S/C25H32FN3O3/c1-4-28-13-15-29(16-14-28)23-11-10-21(26)17-22(23)18(2)27-24(30)12-7-19-5-8-20(9-6-19)25(31)32-3/h5-6,8-11,17-18H,4,7,12-16H2,1-3H3,(H,27,30). The number of esters is 1. The lowest BCUT2D eigenvalue weighted by Crippen LogP contribution is -2.46. The maximum atomic E-state index is 14.0. The average molecular weight is 442 g/mol. The SMILES string of the molecule is CCN1CCN(c2ccc(F)cc2C(C)NC(=O)CCc2ccc(C(=O)OC)cc2)CC1. The summed E-state index contributed by atoms with van der Waals surface area (Å²) in [6.07, 6.45) is 0.858. The number of aryl methyl sites for hydroxylation is 1. The second kappa shape index (κ2) is 11.1. The van der Waals surface area contributed by atoms with Gasteiger partial charge in [-0.2, -0.15) is 0 Å². The van der Waals surface area contributed by atoms with Crippen LogP contribution in [0.15, 0.2) is 42.5 Å². The van der Waals surface area contributed by atoms with Gasteiger partial charge in [0.1, 0.15) is 5.82 Å². The Bertz CT molecular complexity index is 925. The highest BCUT2D eigenvalue weighted by atomic mass is 19.1. The fourth-order valence-corrected chi connectivity index (χ4v) is 4.04. The summed E-state index contributed by atoms with van der Waals surface area (Å²) in [5.74, 6) is -0.784. The van der Waals surface area contributed by atoms with E-state index in [4.69, 9.17) is 4.74 Å². The molecule has 0 spiro atoms. The number of carbonyl (C=O) groups excluding carboxylic acids is 2. The molecule has 1 amide bonds. The number of nitrogens with one attached hydrogen (secondary N) is 1. The van der Waals surface area contributed by atoms with E-state index < -0.39 is 0 Å². The normalized spacial score (nSPS) is 15.3. The second-order valence-electron chi connectivity index (χ2n) is 8.10. The van der Waals surface area contributed by atoms with Gasteiger partial charge in [-0.25, -0.2) is 9.18 Å². The summed E-state index contributed by atoms with van der Waals surface area (Å²) < 4.78 is 18.7. The molecular formula is C25H32FN3O3. The third-order valence-corrected chi connectivity index (χ3v) is 6.01. The molecule has 2 aromatic carbocycles. The quantitative estimate of drug-likeness (QED) is 0.635. The minimum atomic E-state index is -0.384. The first-order valence-electron chi connectivity index (χ1n) is 11.1. The highest BCUT2D eigenvalue weighted by molar-refractivity contribution is 5.89. The summed E-state index contributed by atoms with van der Waals surface area (Å²) in [5.41, 5.74) is 3.22. The molecule has 1 saturated heterocycles. The van der Waals surface area contributed by atoms with Gasteiger partial charge in [-0.3, -0.25) is 4.79 Å². The number of hydrogen-bond donors (Lipinski definition) is 1. The van der Waals surface area contributed by atoms with Crippen molar-refractivity contribution in [3.05, 3.63) is 65.0 Å². The van der Waals surface area contributed by atoms with E-state index in [-0.39, 0.29) is 23.7 Å². The van der Waals surface area contributed by atoms with Crippen LogP contribution in [0.4, 0.5) is 10.1 Å². The third-order valence-electron chi connectivity index (χ3n) is 6.01. The first-order valence-corrected chi connectivity index (χ1v) is 11.1. The number of likely N-dealkylation sites (N-methyl/N-ethyl adjacent to an activating group) is 1. The van der Waals surface area contributed by atoms with Crippen LogP contribution in [0.3, 0.4) is 0 Å². The first kappa shape index (κ1) is 23.7. The number of amides is 1. The van der Waals surface area contributed by atoms with Crippen LogP contribution < -0.4 is 10.2 Å². The molecule has 1 aliphatic rings. The fraction of sp³-hybridized carbons (Fsp3) is 0.440. The van der Waals surface area contributed by atoms with Crippen LogP contribution in [0.2, 0.25) is 0 Å². The van der Waals surface area contributed by atoms with Crippen LogP contribution in [-0.4, -0.2) is 56.6 Å². The zero-order chi connectivity index (χ0) is 23.1. The van der Waals surface area contributed by atoms with E-state index in [2.05, 4.69) is 22.0 Å². The molecule has 1 fully saturated rings. The van der Waals surface area contributed by atoms with Crippen molar-refractivity contribution < 1.29 is 18.7 Å². The van der Waals surface area contributed by atoms with E-state index in [0.29, 0.717) is 18.4 Å². The summed E-state index contributed by atoms with van der Waals surface area (Å²) in [4.78, 5) is 28.8. The Balaban J connectivity index is 1.60. The predicted octanol–water partition coefficient (Wildman–Crippen LogP) is 3.56. The van der Waals surface area contributed by atoms with Gasteiger partial charge in [-0.05, 0) is 55.8 Å². The average Bonchev–Trinajstić information content (AvgIpc) is 2.82. The molecule has 0 saturated carbocycles. The Labute approximate surface area is 189 Å². The molecule has 32 heavy (non-hydrogen) atoms. The van der Waals surface area contributed by atoms with Crippen LogP contribution in [-0.2, 0) is 16.0 Å². The zero-order valence-corrected chi connectivity index (χ0v) is 19.1.